The molecule has 46 heavy (non-hydrogen) atoms. The molecule has 3 heterocycles. The van der Waals surface area contributed by atoms with E-state index in [1.807, 2.05) is 11.9 Å². The molecular weight excluding hydrogens is 623 g/mol. The maximum Gasteiger partial charge on any atom is 0.436 e. The smallest absolute Gasteiger partial charge is 0.436 e. The lowest BCUT2D eigenvalue weighted by atomic mass is 10.0. The number of ether oxygens (including phenoxy) is 1. The van der Waals surface area contributed by atoms with Gasteiger partial charge in [0.25, 0.3) is 5.91 Å². The number of carbonyl (C=O) groups excluding carboxylic acids is 2. The molecule has 2 unspecified atom stereocenters. The molecule has 0 radical (unpaired) electrons. The predicted octanol–water partition coefficient (Wildman–Crippen LogP) is 5.59. The van der Waals surface area contributed by atoms with E-state index in [4.69, 9.17) is 9.52 Å². The summed E-state index contributed by atoms with van der Waals surface area (Å²) in [6.45, 7) is 10.5. The Kier molecular flexibility index (Phi) is 11.0. The lowest BCUT2D eigenvalue weighted by Crippen LogP contribution is -2.44. The van der Waals surface area contributed by atoms with Crippen molar-refractivity contribution in [2.45, 2.75) is 58.3 Å². The van der Waals surface area contributed by atoms with Crippen LogP contribution in [0.5, 0.6) is 0 Å². The van der Waals surface area contributed by atoms with Crippen LogP contribution in [-0.4, -0.2) is 87.9 Å². The van der Waals surface area contributed by atoms with E-state index in [0.717, 1.165) is 23.8 Å². The molecule has 4 rings (SSSR count). The first kappa shape index (κ1) is 35.2. The predicted molar refractivity (Wildman–Crippen MR) is 171 cm³/mol. The highest BCUT2D eigenvalue weighted by Crippen LogP contribution is 2.45. The monoisotopic (exact) mass is 665 g/mol. The Hall–Kier alpha value is -3.69. The summed E-state index contributed by atoms with van der Waals surface area (Å²) < 4.78 is 73.2. The third-order valence-electron chi connectivity index (χ3n) is 8.24. The molecule has 2 aromatic rings. The van der Waals surface area contributed by atoms with E-state index in [1.165, 1.54) is 16.4 Å². The van der Waals surface area contributed by atoms with Crippen LogP contribution in [0.15, 0.2) is 41.8 Å². The number of fused-ring (bicyclic) bond motifs is 1. The number of allylic oxidation sites excluding steroid dienone is 3. The zero-order valence-corrected chi connectivity index (χ0v) is 27.5. The van der Waals surface area contributed by atoms with Crippen molar-refractivity contribution in [3.05, 3.63) is 64.5 Å². The molecule has 0 bridgehead atoms. The number of halogens is 3. The maximum absolute atomic E-state index is 15.4. The highest BCUT2D eigenvalue weighted by atomic mass is 32.2. The first-order valence-electron chi connectivity index (χ1n) is 15.2. The second kappa shape index (κ2) is 14.4. The number of hydrogen-bond donors (Lipinski definition) is 2. The maximum atomic E-state index is 15.4. The van der Waals surface area contributed by atoms with Gasteiger partial charge in [-0.05, 0) is 64.9 Å². The highest BCUT2D eigenvalue weighted by molar-refractivity contribution is 7.94. The third-order valence-corrected chi connectivity index (χ3v) is 10.5. The van der Waals surface area contributed by atoms with Crippen LogP contribution in [0.4, 0.5) is 29.5 Å². The normalized spacial score (nSPS) is 18.9. The lowest BCUT2D eigenvalue weighted by Gasteiger charge is -2.34. The Morgan fingerprint density at radius 2 is 1.96 bits per heavy atom. The minimum atomic E-state index is -3.86. The summed E-state index contributed by atoms with van der Waals surface area (Å²) in [4.78, 5) is 30.6. The van der Waals surface area contributed by atoms with Crippen LogP contribution in [0.25, 0.3) is 0 Å². The molecule has 2 N–H and O–H groups in total. The van der Waals surface area contributed by atoms with Crippen LogP contribution < -0.4 is 10.2 Å². The van der Waals surface area contributed by atoms with E-state index in [1.54, 1.807) is 32.9 Å². The quantitative estimate of drug-likeness (QED) is 0.283. The molecule has 252 valence electrons. The van der Waals surface area contributed by atoms with E-state index in [0.29, 0.717) is 25.2 Å². The Labute approximate surface area is 268 Å². The summed E-state index contributed by atoms with van der Waals surface area (Å²) in [5.41, 5.74) is -0.377. The molecule has 1 aromatic carbocycles. The number of amides is 1. The van der Waals surface area contributed by atoms with Gasteiger partial charge in [0.05, 0.1) is 30.1 Å². The molecule has 2 atom stereocenters. The molecule has 11 nitrogen and oxygen atoms in total. The lowest BCUT2D eigenvalue weighted by molar-refractivity contribution is 0.102. The number of anilines is 2. The molecule has 0 spiro atoms. The number of piperazine rings is 1. The molecule has 2 aliphatic rings. The average Bonchev–Trinajstić information content (AvgIpc) is 3.49. The second-order valence-electron chi connectivity index (χ2n) is 11.8. The molecule has 0 aliphatic carbocycles. The second-order valence-corrected chi connectivity index (χ2v) is 13.8. The van der Waals surface area contributed by atoms with Gasteiger partial charge in [-0.15, -0.1) is 11.3 Å². The van der Waals surface area contributed by atoms with Gasteiger partial charge in [-0.3, -0.25) is 9.18 Å². The van der Waals surface area contributed by atoms with Crippen LogP contribution >= 0.6 is 0 Å². The van der Waals surface area contributed by atoms with Crippen LogP contribution in [-0.2, 0) is 26.7 Å². The number of nitrogens with zero attached hydrogens (tertiary/aromatic N) is 5. The first-order chi connectivity index (χ1) is 21.8. The fraction of sp³-hybridized carbons (Fsp3) is 0.516. The van der Waals surface area contributed by atoms with Gasteiger partial charge in [0.1, 0.15) is 27.7 Å². The summed E-state index contributed by atoms with van der Waals surface area (Å²) in [6.07, 6.45) is -0.149. The average molecular weight is 666 g/mol. The summed E-state index contributed by atoms with van der Waals surface area (Å²) in [7, 11) is -1.85. The Morgan fingerprint density at radius 1 is 1.26 bits per heavy atom. The number of aromatic nitrogens is 2. The minimum Gasteiger partial charge on any atom is -0.448 e. The molecule has 15 heteroatoms. The molecule has 1 amide bonds. The number of carbonyl (C=O) groups is 2. The van der Waals surface area contributed by atoms with Crippen LogP contribution in [0.1, 0.15) is 61.6 Å². The number of alkyl halides is 2. The Bertz CT molecular complexity index is 1600. The van der Waals surface area contributed by atoms with E-state index in [9.17, 15) is 22.6 Å². The van der Waals surface area contributed by atoms with Crippen molar-refractivity contribution < 1.29 is 31.7 Å². The van der Waals surface area contributed by atoms with Crippen molar-refractivity contribution in [2.75, 3.05) is 56.7 Å². The zero-order valence-electron chi connectivity index (χ0n) is 26.7. The van der Waals surface area contributed by atoms with E-state index < -0.39 is 52.5 Å². The number of hydrogen-bond acceptors (Lipinski definition) is 8. The number of likely N-dealkylation sites (N-methyl/N-ethyl adjacent to an activating group) is 1. The van der Waals surface area contributed by atoms with Gasteiger partial charge in [-0.1, -0.05) is 6.08 Å². The Balaban J connectivity index is 1.70. The van der Waals surface area contributed by atoms with Crippen molar-refractivity contribution in [1.82, 2.24) is 19.0 Å². The van der Waals surface area contributed by atoms with Crippen LogP contribution in [0, 0.1) is 10.6 Å². The van der Waals surface area contributed by atoms with Gasteiger partial charge in [0, 0.05) is 55.3 Å². The summed E-state index contributed by atoms with van der Waals surface area (Å²) in [5.74, 6) is -1.73. The molecule has 1 fully saturated rings. The first-order valence-corrected chi connectivity index (χ1v) is 16.7. The van der Waals surface area contributed by atoms with Gasteiger partial charge in [-0.25, -0.2) is 22.6 Å². The summed E-state index contributed by atoms with van der Waals surface area (Å²) >= 11 is 0. The van der Waals surface area contributed by atoms with Crippen molar-refractivity contribution in [1.29, 1.82) is 4.78 Å². The third kappa shape index (κ3) is 7.15. The molecule has 2 aliphatic heterocycles. The number of rotatable bonds is 12. The molecule has 1 aromatic heterocycles. The summed E-state index contributed by atoms with van der Waals surface area (Å²) in [5, 5.41) is 7.01. The van der Waals surface area contributed by atoms with Crippen molar-refractivity contribution in [3.63, 3.8) is 0 Å². The van der Waals surface area contributed by atoms with Gasteiger partial charge < -0.3 is 19.9 Å². The number of benzene rings is 1. The molecule has 0 saturated carbocycles. The van der Waals surface area contributed by atoms with E-state index in [2.05, 4.69) is 21.9 Å². The van der Waals surface area contributed by atoms with Crippen LogP contribution in [0.3, 0.4) is 0 Å². The molecular formula is C31H42F3N7O4S. The minimum absolute atomic E-state index is 0.00984. The van der Waals surface area contributed by atoms with Gasteiger partial charge in [-0.2, -0.15) is 9.40 Å². The van der Waals surface area contributed by atoms with Gasteiger partial charge >= 0.3 is 6.09 Å². The van der Waals surface area contributed by atoms with Gasteiger partial charge in [0.2, 0.25) is 0 Å². The zero-order chi connectivity index (χ0) is 33.8. The molecule has 1 saturated heterocycles. The number of nitrogens with one attached hydrogen (secondary N) is 2. The summed E-state index contributed by atoms with van der Waals surface area (Å²) in [6, 6.07) is 4.33. The van der Waals surface area contributed by atoms with E-state index >= 15 is 4.39 Å². The van der Waals surface area contributed by atoms with Crippen LogP contribution in [0.2, 0.25) is 0 Å². The van der Waals surface area contributed by atoms with Crippen molar-refractivity contribution in [3.8, 4) is 0 Å². The Morgan fingerprint density at radius 3 is 2.57 bits per heavy atom. The van der Waals surface area contributed by atoms with Gasteiger partial charge in [0.15, 0.2) is 0 Å². The fourth-order valence-electron chi connectivity index (χ4n) is 5.62. The standard InChI is InChI=1S/C31H42F3N7O4S/c1-6-8-9-23(18-21(33)12-13-32)46(35,44)40-20-25-27(31(40,3)4)37-41(30(43)45-7-2)28(25)36-29(42)24-11-10-22(19-26(24)34)39-16-14-38(5)15-17-39/h6,10-11,18-19,21,35H,1,7-9,12-17,20H2,2-5H3,(H,36,42)/b23-18+. The fourth-order valence-corrected chi connectivity index (χ4v) is 7.67. The largest absolute Gasteiger partial charge is 0.448 e. The van der Waals surface area contributed by atoms with Crippen molar-refractivity contribution >= 4 is 33.4 Å². The highest BCUT2D eigenvalue weighted by Gasteiger charge is 2.48. The SMILES string of the molecule is C=CCC/C(=C\C(F)CCF)S(=N)(=O)N1Cc2c(nn(C(=O)OCC)c2NC(=O)c2ccc(N3CCN(C)CC3)cc2F)C1(C)C. The van der Waals surface area contributed by atoms with E-state index in [-0.39, 0.29) is 47.1 Å². The van der Waals surface area contributed by atoms with Crippen molar-refractivity contribution in [2.24, 2.45) is 0 Å². The topological polar surface area (TPSA) is 124 Å².